The number of hydrogen-bond donors (Lipinski definition) is 4. The van der Waals surface area contributed by atoms with Gasteiger partial charge in [0.15, 0.2) is 11.6 Å². The van der Waals surface area contributed by atoms with Gasteiger partial charge in [-0.25, -0.2) is 8.57 Å². The molecule has 0 atom stereocenters. The van der Waals surface area contributed by atoms with E-state index < -0.39 is 10.4 Å². The molecular formula is C7H12N8O4S. The van der Waals surface area contributed by atoms with E-state index in [2.05, 4.69) is 18.8 Å². The van der Waals surface area contributed by atoms with E-state index in [1.165, 1.54) is 6.92 Å². The van der Waals surface area contributed by atoms with E-state index in [1.807, 2.05) is 0 Å². The molecule has 13 heteroatoms. The number of nitrogen functional groups attached to an aromatic ring is 4. The highest BCUT2D eigenvalue weighted by atomic mass is 32.3. The van der Waals surface area contributed by atoms with Crippen LogP contribution in [0.15, 0.2) is 6.20 Å². The molecule has 2 heterocycles. The molecule has 20 heavy (non-hydrogen) atoms. The standard InChI is InChI=1S/C7H12N8O4S/c1-3-5(9)7(11)15(13-3)19-20(16,17)18-14-6(10)4(8)2-12-14/h2H,8-11H2,1H3. The maximum atomic E-state index is 11.6. The molecular weight excluding hydrogens is 292 g/mol. The summed E-state index contributed by atoms with van der Waals surface area (Å²) in [5, 5.41) is 7.15. The zero-order valence-corrected chi connectivity index (χ0v) is 11.0. The van der Waals surface area contributed by atoms with Crippen LogP contribution in [0, 0.1) is 6.92 Å². The topological polar surface area (TPSA) is 192 Å². The Hall–Kier alpha value is -2.83. The maximum Gasteiger partial charge on any atom is 0.542 e. The third-order valence-corrected chi connectivity index (χ3v) is 2.89. The lowest BCUT2D eigenvalue weighted by molar-refractivity contribution is 0.156. The minimum absolute atomic E-state index is 0.0406. The summed E-state index contributed by atoms with van der Waals surface area (Å²) in [6.07, 6.45) is 1.11. The third-order valence-electron chi connectivity index (χ3n) is 2.24. The van der Waals surface area contributed by atoms with Crippen molar-refractivity contribution in [1.82, 2.24) is 19.9 Å². The van der Waals surface area contributed by atoms with Crippen molar-refractivity contribution in [2.75, 3.05) is 22.9 Å². The Bertz CT molecular complexity index is 747. The van der Waals surface area contributed by atoms with Crippen LogP contribution >= 0.6 is 0 Å². The number of nitrogens with zero attached hydrogens (tertiary/aromatic N) is 4. The molecule has 0 aromatic carbocycles. The van der Waals surface area contributed by atoms with Crippen molar-refractivity contribution in [1.29, 1.82) is 0 Å². The SMILES string of the molecule is Cc1nn(OS(=O)(=O)On2ncc(N)c2N)c(N)c1N. The molecule has 0 aliphatic rings. The van der Waals surface area contributed by atoms with Crippen LogP contribution in [0.1, 0.15) is 5.69 Å². The van der Waals surface area contributed by atoms with Crippen molar-refractivity contribution in [2.45, 2.75) is 6.92 Å². The van der Waals surface area contributed by atoms with Gasteiger partial charge in [0, 0.05) is 0 Å². The van der Waals surface area contributed by atoms with Gasteiger partial charge in [-0.3, -0.25) is 0 Å². The normalized spacial score (nSPS) is 11.4. The summed E-state index contributed by atoms with van der Waals surface area (Å²) in [6, 6.07) is 0. The second-order valence-corrected chi connectivity index (χ2v) is 4.79. The van der Waals surface area contributed by atoms with E-state index in [0.717, 1.165) is 6.20 Å². The van der Waals surface area contributed by atoms with Gasteiger partial charge in [0.1, 0.15) is 5.69 Å². The van der Waals surface area contributed by atoms with Crippen LogP contribution in [0.5, 0.6) is 0 Å². The van der Waals surface area contributed by atoms with E-state index >= 15 is 0 Å². The Balaban J connectivity index is 2.23. The lowest BCUT2D eigenvalue weighted by Gasteiger charge is -2.07. The predicted molar refractivity (Wildman–Crippen MR) is 68.9 cm³/mol. The molecule has 0 bridgehead atoms. The number of aryl methyl sites for hydroxylation is 1. The van der Waals surface area contributed by atoms with Gasteiger partial charge in [-0.1, -0.05) is 9.69 Å². The molecule has 0 aliphatic heterocycles. The first-order valence-corrected chi connectivity index (χ1v) is 6.39. The van der Waals surface area contributed by atoms with E-state index in [-0.39, 0.29) is 23.0 Å². The molecule has 110 valence electrons. The Kier molecular flexibility index (Phi) is 2.97. The highest BCUT2D eigenvalue weighted by Gasteiger charge is 2.22. The molecule has 2 aromatic heterocycles. The fraction of sp³-hybridized carbons (Fsp3) is 0.143. The van der Waals surface area contributed by atoms with Crippen molar-refractivity contribution in [3.05, 3.63) is 11.9 Å². The number of anilines is 4. The van der Waals surface area contributed by atoms with Gasteiger partial charge < -0.3 is 22.9 Å². The van der Waals surface area contributed by atoms with Crippen LogP contribution in [0.2, 0.25) is 0 Å². The molecule has 2 aromatic rings. The van der Waals surface area contributed by atoms with Crippen molar-refractivity contribution in [2.24, 2.45) is 0 Å². The van der Waals surface area contributed by atoms with Crippen LogP contribution in [0.25, 0.3) is 0 Å². The Morgan fingerprint density at radius 3 is 2.15 bits per heavy atom. The van der Waals surface area contributed by atoms with Crippen molar-refractivity contribution >= 4 is 33.4 Å². The quantitative estimate of drug-likeness (QED) is 0.469. The molecule has 8 N–H and O–H groups in total. The smallest absolute Gasteiger partial charge is 0.394 e. The molecule has 0 unspecified atom stereocenters. The highest BCUT2D eigenvalue weighted by Crippen LogP contribution is 2.17. The minimum atomic E-state index is -4.59. The first-order chi connectivity index (χ1) is 9.21. The lowest BCUT2D eigenvalue weighted by atomic mass is 10.4. The fourth-order valence-electron chi connectivity index (χ4n) is 1.19. The summed E-state index contributed by atoms with van der Waals surface area (Å²) in [7, 11) is -4.59. The molecule has 0 spiro atoms. The van der Waals surface area contributed by atoms with E-state index in [4.69, 9.17) is 22.9 Å². The van der Waals surface area contributed by atoms with Crippen LogP contribution < -0.4 is 31.5 Å². The zero-order valence-electron chi connectivity index (χ0n) is 10.2. The second-order valence-electron chi connectivity index (χ2n) is 3.67. The third kappa shape index (κ3) is 2.33. The fourth-order valence-corrected chi connectivity index (χ4v) is 1.79. The van der Waals surface area contributed by atoms with Crippen LogP contribution in [-0.4, -0.2) is 28.3 Å². The van der Waals surface area contributed by atoms with Crippen LogP contribution in [-0.2, 0) is 10.4 Å². The van der Waals surface area contributed by atoms with E-state index in [9.17, 15) is 8.42 Å². The summed E-state index contributed by atoms with van der Waals surface area (Å²) < 4.78 is 32.2. The van der Waals surface area contributed by atoms with Gasteiger partial charge in [-0.05, 0) is 6.92 Å². The van der Waals surface area contributed by atoms with Crippen LogP contribution in [0.4, 0.5) is 23.0 Å². The molecule has 12 nitrogen and oxygen atoms in total. The average Bonchev–Trinajstić information content (AvgIpc) is 2.77. The lowest BCUT2D eigenvalue weighted by Crippen LogP contribution is -2.32. The maximum absolute atomic E-state index is 11.6. The molecule has 0 aliphatic carbocycles. The Morgan fingerprint density at radius 2 is 1.70 bits per heavy atom. The molecule has 0 radical (unpaired) electrons. The minimum Gasteiger partial charge on any atom is -0.394 e. The number of nitrogens with two attached hydrogens (primary N) is 4. The number of hydrogen-bond acceptors (Lipinski definition) is 10. The van der Waals surface area contributed by atoms with Gasteiger partial charge in [-0.15, -0.1) is 18.6 Å². The highest BCUT2D eigenvalue weighted by molar-refractivity contribution is 7.82. The number of rotatable bonds is 4. The zero-order chi connectivity index (χ0) is 15.1. The first kappa shape index (κ1) is 13.6. The van der Waals surface area contributed by atoms with Gasteiger partial charge in [0.25, 0.3) is 0 Å². The molecule has 0 amide bonds. The average molecular weight is 304 g/mol. The van der Waals surface area contributed by atoms with Gasteiger partial charge in [-0.2, -0.15) is 0 Å². The molecule has 0 saturated heterocycles. The summed E-state index contributed by atoms with van der Waals surface area (Å²) in [6.45, 7) is 1.52. The van der Waals surface area contributed by atoms with Crippen molar-refractivity contribution in [3.8, 4) is 0 Å². The largest absolute Gasteiger partial charge is 0.542 e. The molecule has 2 rings (SSSR count). The Morgan fingerprint density at radius 1 is 1.10 bits per heavy atom. The van der Waals surface area contributed by atoms with Gasteiger partial charge in [0.2, 0.25) is 0 Å². The monoisotopic (exact) mass is 304 g/mol. The summed E-state index contributed by atoms with van der Waals surface area (Å²) >= 11 is 0. The molecule has 0 saturated carbocycles. The summed E-state index contributed by atoms with van der Waals surface area (Å²) in [4.78, 5) is 0.976. The number of aromatic nitrogens is 4. The summed E-state index contributed by atoms with van der Waals surface area (Å²) in [5.41, 5.74) is 22.2. The van der Waals surface area contributed by atoms with Crippen molar-refractivity contribution in [3.63, 3.8) is 0 Å². The van der Waals surface area contributed by atoms with Crippen molar-refractivity contribution < 1.29 is 17.0 Å². The van der Waals surface area contributed by atoms with E-state index in [0.29, 0.717) is 15.4 Å². The van der Waals surface area contributed by atoms with E-state index in [1.54, 1.807) is 0 Å². The Labute approximate surface area is 113 Å². The summed E-state index contributed by atoms with van der Waals surface area (Å²) in [5.74, 6) is -0.399. The van der Waals surface area contributed by atoms with Gasteiger partial charge >= 0.3 is 10.4 Å². The first-order valence-electron chi connectivity index (χ1n) is 5.05. The van der Waals surface area contributed by atoms with Gasteiger partial charge in [0.05, 0.1) is 17.6 Å². The molecule has 0 fully saturated rings. The second kappa shape index (κ2) is 4.37. The van der Waals surface area contributed by atoms with Crippen LogP contribution in [0.3, 0.4) is 0 Å². The predicted octanol–water partition coefficient (Wildman–Crippen LogP) is -2.48.